The van der Waals surface area contributed by atoms with E-state index < -0.39 is 17.4 Å². The lowest BCUT2D eigenvalue weighted by Gasteiger charge is -2.37. The Morgan fingerprint density at radius 3 is 2.46 bits per heavy atom. The molecule has 10 nitrogen and oxygen atoms in total. The van der Waals surface area contributed by atoms with Crippen LogP contribution >= 0.6 is 11.3 Å². The lowest BCUT2D eigenvalue weighted by molar-refractivity contribution is -0.124. The molecule has 0 aliphatic heterocycles. The van der Waals surface area contributed by atoms with Crippen LogP contribution in [0.1, 0.15) is 71.1 Å². The zero-order chi connectivity index (χ0) is 29.6. The molecule has 0 bridgehead atoms. The molecule has 0 radical (unpaired) electrons. The summed E-state index contributed by atoms with van der Waals surface area (Å²) in [6.45, 7) is 6.03. The van der Waals surface area contributed by atoms with Gasteiger partial charge in [0.25, 0.3) is 5.91 Å². The Morgan fingerprint density at radius 2 is 1.80 bits per heavy atom. The minimum Gasteiger partial charge on any atom is -0.491 e. The predicted molar refractivity (Wildman–Crippen MR) is 161 cm³/mol. The van der Waals surface area contributed by atoms with E-state index >= 15 is 0 Å². The van der Waals surface area contributed by atoms with Crippen molar-refractivity contribution in [1.82, 2.24) is 16.0 Å². The molecule has 218 valence electrons. The first-order valence-corrected chi connectivity index (χ1v) is 14.7. The average molecular weight is 579 g/mol. The van der Waals surface area contributed by atoms with E-state index in [2.05, 4.69) is 16.0 Å². The number of likely N-dealkylation sites (N-methyl/N-ethyl adjacent to an activating group) is 1. The van der Waals surface area contributed by atoms with Gasteiger partial charge in [-0.3, -0.25) is 14.4 Å². The minimum absolute atomic E-state index is 0.00120. The highest BCUT2D eigenvalue weighted by Gasteiger charge is 2.49. The third-order valence-corrected chi connectivity index (χ3v) is 9.24. The summed E-state index contributed by atoms with van der Waals surface area (Å²) >= 11 is 1.23. The van der Waals surface area contributed by atoms with Gasteiger partial charge >= 0.3 is 0 Å². The van der Waals surface area contributed by atoms with Crippen molar-refractivity contribution in [3.8, 4) is 5.75 Å². The summed E-state index contributed by atoms with van der Waals surface area (Å²) in [5.74, 6) is -0.0884. The molecule has 2 amide bonds. The van der Waals surface area contributed by atoms with Crippen LogP contribution in [0.15, 0.2) is 30.3 Å². The number of amides is 2. The van der Waals surface area contributed by atoms with Crippen LogP contribution in [0.25, 0.3) is 10.1 Å². The van der Waals surface area contributed by atoms with Crippen molar-refractivity contribution in [3.05, 3.63) is 57.5 Å². The molecule has 1 aromatic heterocycles. The number of rotatable bonds is 8. The summed E-state index contributed by atoms with van der Waals surface area (Å²) in [5, 5.41) is 9.60. The fraction of sp³-hybridized carbons (Fsp3) is 0.433. The number of Topliss-reactive ketones (excluding diaryl/α,β-unsaturated/α-hetero) is 1. The van der Waals surface area contributed by atoms with Crippen molar-refractivity contribution in [3.63, 3.8) is 0 Å². The summed E-state index contributed by atoms with van der Waals surface area (Å²) in [7, 11) is 1.72. The molecule has 3 aromatic rings. The number of nitrogen functional groups attached to an aromatic ring is 1. The van der Waals surface area contributed by atoms with Crippen molar-refractivity contribution < 1.29 is 19.1 Å². The van der Waals surface area contributed by atoms with Crippen molar-refractivity contribution in [1.29, 1.82) is 0 Å². The molecule has 0 spiro atoms. The molecule has 2 aromatic carbocycles. The Labute approximate surface area is 243 Å². The number of hydrogen-bond acceptors (Lipinski definition) is 9. The molecule has 11 heteroatoms. The van der Waals surface area contributed by atoms with E-state index in [1.165, 1.54) is 11.3 Å². The average Bonchev–Trinajstić information content (AvgIpc) is 3.52. The second-order valence-corrected chi connectivity index (χ2v) is 12.3. The van der Waals surface area contributed by atoms with Crippen LogP contribution in [-0.2, 0) is 15.1 Å². The molecule has 2 aliphatic rings. The summed E-state index contributed by atoms with van der Waals surface area (Å²) in [6, 6.07) is 7.75. The third kappa shape index (κ3) is 5.07. The highest BCUT2D eigenvalue weighted by molar-refractivity contribution is 7.21. The number of hydrogen-bond donors (Lipinski definition) is 6. The Morgan fingerprint density at radius 1 is 1.12 bits per heavy atom. The van der Waals surface area contributed by atoms with Gasteiger partial charge in [0.15, 0.2) is 5.78 Å². The van der Waals surface area contributed by atoms with Crippen LogP contribution < -0.4 is 37.9 Å². The topological polar surface area (TPSA) is 175 Å². The SMILES string of the molecule is CNCC(=O)N[C@@H]1CC[C@H](NC(=O)c2sc3c(N)ccc4c3c2C(N)C(=O)C4(N)c2ccc(OC(C)C)cc2C)C1. The molecule has 2 unspecified atom stereocenters. The van der Waals surface area contributed by atoms with Gasteiger partial charge in [-0.25, -0.2) is 0 Å². The van der Waals surface area contributed by atoms with Crippen LogP contribution in [0.4, 0.5) is 5.69 Å². The van der Waals surface area contributed by atoms with Crippen LogP contribution in [0.3, 0.4) is 0 Å². The first-order valence-electron chi connectivity index (χ1n) is 13.9. The van der Waals surface area contributed by atoms with E-state index in [9.17, 15) is 14.4 Å². The molecule has 5 rings (SSSR count). The predicted octanol–water partition coefficient (Wildman–Crippen LogP) is 2.35. The second-order valence-electron chi connectivity index (χ2n) is 11.3. The summed E-state index contributed by atoms with van der Waals surface area (Å²) in [5.41, 5.74) is 21.5. The van der Waals surface area contributed by atoms with Gasteiger partial charge in [0.2, 0.25) is 5.91 Å². The Bertz CT molecular complexity index is 1530. The van der Waals surface area contributed by atoms with Gasteiger partial charge < -0.3 is 37.9 Å². The zero-order valence-corrected chi connectivity index (χ0v) is 24.6. The largest absolute Gasteiger partial charge is 0.491 e. The van der Waals surface area contributed by atoms with Gasteiger partial charge in [-0.05, 0) is 82.0 Å². The lowest BCUT2D eigenvalue weighted by atomic mass is 9.69. The maximum Gasteiger partial charge on any atom is 0.261 e. The Hall–Kier alpha value is -3.51. The number of anilines is 1. The maximum atomic E-state index is 14.1. The Kier molecular flexibility index (Phi) is 7.82. The number of aryl methyl sites for hydroxylation is 1. The van der Waals surface area contributed by atoms with Gasteiger partial charge in [-0.2, -0.15) is 0 Å². The van der Waals surface area contributed by atoms with E-state index in [4.69, 9.17) is 21.9 Å². The van der Waals surface area contributed by atoms with E-state index in [-0.39, 0.29) is 36.5 Å². The molecule has 1 heterocycles. The third-order valence-electron chi connectivity index (χ3n) is 7.98. The number of nitrogens with one attached hydrogen (secondary N) is 3. The van der Waals surface area contributed by atoms with Crippen molar-refractivity contribution in [2.75, 3.05) is 19.3 Å². The molecule has 41 heavy (non-hydrogen) atoms. The number of carbonyl (C=O) groups excluding carboxylic acids is 3. The molecule has 1 saturated carbocycles. The normalized spacial score (nSPS) is 23.7. The van der Waals surface area contributed by atoms with E-state index in [0.29, 0.717) is 49.5 Å². The van der Waals surface area contributed by atoms with Gasteiger partial charge in [0.05, 0.1) is 28.3 Å². The molecule has 2 aliphatic carbocycles. The molecule has 9 N–H and O–H groups in total. The monoisotopic (exact) mass is 578 g/mol. The first-order chi connectivity index (χ1) is 19.4. The number of benzene rings is 2. The van der Waals surface area contributed by atoms with Gasteiger partial charge in [-0.1, -0.05) is 12.1 Å². The van der Waals surface area contributed by atoms with Crippen molar-refractivity contribution in [2.24, 2.45) is 11.5 Å². The minimum atomic E-state index is -1.53. The van der Waals surface area contributed by atoms with E-state index in [1.807, 2.05) is 39.0 Å². The van der Waals surface area contributed by atoms with Crippen molar-refractivity contribution >= 4 is 44.7 Å². The van der Waals surface area contributed by atoms with Gasteiger partial charge in [0.1, 0.15) is 11.3 Å². The van der Waals surface area contributed by atoms with Gasteiger partial charge in [0, 0.05) is 28.7 Å². The first kappa shape index (κ1) is 29.0. The number of ketones is 1. The van der Waals surface area contributed by atoms with Crippen LogP contribution in [0.5, 0.6) is 5.75 Å². The fourth-order valence-electron chi connectivity index (χ4n) is 6.19. The van der Waals surface area contributed by atoms with E-state index in [1.54, 1.807) is 19.2 Å². The maximum absolute atomic E-state index is 14.1. The molecule has 0 saturated heterocycles. The lowest BCUT2D eigenvalue weighted by Crippen LogP contribution is -2.53. The van der Waals surface area contributed by atoms with E-state index in [0.717, 1.165) is 18.4 Å². The highest BCUT2D eigenvalue weighted by atomic mass is 32.1. The van der Waals surface area contributed by atoms with Crippen molar-refractivity contribution in [2.45, 2.75) is 69.8 Å². The number of nitrogens with two attached hydrogens (primary N) is 3. The fourth-order valence-corrected chi connectivity index (χ4v) is 7.39. The van der Waals surface area contributed by atoms with Crippen LogP contribution in [0.2, 0.25) is 0 Å². The Balaban J connectivity index is 1.51. The smallest absolute Gasteiger partial charge is 0.261 e. The number of carbonyl (C=O) groups is 3. The van der Waals surface area contributed by atoms with Crippen LogP contribution in [-0.4, -0.2) is 49.4 Å². The molecule has 1 fully saturated rings. The summed E-state index contributed by atoms with van der Waals surface area (Å²) in [4.78, 5) is 40.1. The number of thiophene rings is 1. The highest BCUT2D eigenvalue weighted by Crippen LogP contribution is 2.50. The molecular weight excluding hydrogens is 540 g/mol. The van der Waals surface area contributed by atoms with Gasteiger partial charge in [-0.15, -0.1) is 11.3 Å². The molecule has 4 atom stereocenters. The standard InChI is InChI=1S/C30H38N6O4S/c1-14(2)40-18-7-8-19(15(3)11-18)30(33)20-9-10-21(31)26-23(20)24(25(32)28(30)38)27(41-26)29(39)36-17-6-5-16(12-17)35-22(37)13-34-4/h7-11,14,16-17,25,34H,5-6,12-13,31-33H2,1-4H3,(H,35,37)(H,36,39)/t16-,17+,25?,30?/m1/s1. The summed E-state index contributed by atoms with van der Waals surface area (Å²) in [6.07, 6.45) is 2.13. The zero-order valence-electron chi connectivity index (χ0n) is 23.8. The second kappa shape index (κ2) is 11.1. The summed E-state index contributed by atoms with van der Waals surface area (Å²) < 4.78 is 6.52. The van der Waals surface area contributed by atoms with Crippen LogP contribution in [0, 0.1) is 6.92 Å². The number of ether oxygens (including phenoxy) is 1. The molecular formula is C30H38N6O4S. The quantitative estimate of drug-likeness (QED) is 0.221.